The van der Waals surface area contributed by atoms with E-state index < -0.39 is 16.9 Å². The Labute approximate surface area is 178 Å². The van der Waals surface area contributed by atoms with Gasteiger partial charge in [0, 0.05) is 35.2 Å². The highest BCUT2D eigenvalue weighted by atomic mass is 35.5. The largest absolute Gasteiger partial charge is 0.507 e. The van der Waals surface area contributed by atoms with Crippen LogP contribution in [0.1, 0.15) is 18.9 Å². The molecular formula is C21H21Cl2NO5. The third-order valence-electron chi connectivity index (χ3n) is 5.57. The maximum atomic E-state index is 12.8. The van der Waals surface area contributed by atoms with Crippen LogP contribution >= 0.6 is 24.0 Å². The van der Waals surface area contributed by atoms with Crippen LogP contribution in [-0.2, 0) is 5.41 Å². The summed E-state index contributed by atoms with van der Waals surface area (Å²) >= 11 is 6.25. The Kier molecular flexibility index (Phi) is 5.83. The smallest absolute Gasteiger partial charge is 0.197 e. The lowest BCUT2D eigenvalue weighted by Crippen LogP contribution is -2.50. The lowest BCUT2D eigenvalue weighted by molar-refractivity contribution is 0.0627. The molecule has 2 aromatic carbocycles. The molecule has 8 heteroatoms. The van der Waals surface area contributed by atoms with Crippen molar-refractivity contribution in [1.29, 1.82) is 0 Å². The molecule has 1 aliphatic rings. The second-order valence-corrected chi connectivity index (χ2v) is 7.74. The highest BCUT2D eigenvalue weighted by Crippen LogP contribution is 2.45. The summed E-state index contributed by atoms with van der Waals surface area (Å²) in [6, 6.07) is 9.33. The summed E-state index contributed by atoms with van der Waals surface area (Å²) in [5.41, 5.74) is -0.436. The van der Waals surface area contributed by atoms with Gasteiger partial charge in [-0.2, -0.15) is 0 Å². The van der Waals surface area contributed by atoms with E-state index in [1.165, 1.54) is 6.07 Å². The van der Waals surface area contributed by atoms with Crippen LogP contribution < -0.4 is 10.7 Å². The van der Waals surface area contributed by atoms with Crippen molar-refractivity contribution >= 4 is 35.0 Å². The predicted octanol–water partition coefficient (Wildman–Crippen LogP) is 3.56. The van der Waals surface area contributed by atoms with Crippen LogP contribution in [0, 0.1) is 0 Å². The summed E-state index contributed by atoms with van der Waals surface area (Å²) < 4.78 is 6.03. The number of aliphatic hydroxyl groups excluding tert-OH is 1. The fraction of sp³-hybridized carbons (Fsp3) is 0.286. The summed E-state index contributed by atoms with van der Waals surface area (Å²) in [5, 5.41) is 35.1. The van der Waals surface area contributed by atoms with Gasteiger partial charge in [0.25, 0.3) is 0 Å². The molecule has 1 aromatic heterocycles. The molecule has 29 heavy (non-hydrogen) atoms. The molecule has 1 saturated heterocycles. The molecular weight excluding hydrogens is 417 g/mol. The summed E-state index contributed by atoms with van der Waals surface area (Å²) in [6.07, 6.45) is -0.295. The highest BCUT2D eigenvalue weighted by molar-refractivity contribution is 6.33. The number of piperidine rings is 1. The van der Waals surface area contributed by atoms with Crippen molar-refractivity contribution in [3.63, 3.8) is 0 Å². The zero-order valence-electron chi connectivity index (χ0n) is 15.6. The van der Waals surface area contributed by atoms with Crippen LogP contribution in [0.4, 0.5) is 0 Å². The first-order valence-corrected chi connectivity index (χ1v) is 9.37. The van der Waals surface area contributed by atoms with Gasteiger partial charge in [-0.25, -0.2) is 0 Å². The summed E-state index contributed by atoms with van der Waals surface area (Å²) in [4.78, 5) is 12.8. The van der Waals surface area contributed by atoms with Crippen LogP contribution in [0.15, 0.2) is 45.6 Å². The van der Waals surface area contributed by atoms with Crippen molar-refractivity contribution in [3.05, 3.63) is 57.2 Å². The number of halogens is 2. The van der Waals surface area contributed by atoms with E-state index in [0.717, 1.165) is 6.07 Å². The van der Waals surface area contributed by atoms with E-state index in [0.29, 0.717) is 35.7 Å². The van der Waals surface area contributed by atoms with E-state index in [1.54, 1.807) is 24.3 Å². The molecule has 6 nitrogen and oxygen atoms in total. The molecule has 0 bridgehead atoms. The minimum absolute atomic E-state index is 0. The van der Waals surface area contributed by atoms with E-state index in [1.807, 2.05) is 6.92 Å². The fourth-order valence-electron chi connectivity index (χ4n) is 3.92. The molecule has 0 spiro atoms. The molecule has 0 radical (unpaired) electrons. The van der Waals surface area contributed by atoms with Gasteiger partial charge in [0.1, 0.15) is 28.2 Å². The third-order valence-corrected chi connectivity index (χ3v) is 5.89. The SMILES string of the molecule is C[C@@]1(c2c(O)cc(O)c3c(=O)cc(-c4ccccc4Cl)oc23)CCNC[C@@H]1O.Cl. The zero-order valence-corrected chi connectivity index (χ0v) is 17.2. The number of fused-ring (bicyclic) bond motifs is 1. The average molecular weight is 438 g/mol. The number of phenolic OH excluding ortho intramolecular Hbond substituents is 2. The third kappa shape index (κ3) is 3.46. The van der Waals surface area contributed by atoms with Crippen molar-refractivity contribution in [1.82, 2.24) is 5.32 Å². The number of rotatable bonds is 2. The Morgan fingerprint density at radius 2 is 1.93 bits per heavy atom. The molecule has 0 amide bonds. The number of nitrogens with one attached hydrogen (secondary N) is 1. The van der Waals surface area contributed by atoms with Gasteiger partial charge < -0.3 is 25.1 Å². The Hall–Kier alpha value is -2.25. The number of aliphatic hydroxyl groups is 1. The van der Waals surface area contributed by atoms with E-state index in [9.17, 15) is 20.1 Å². The van der Waals surface area contributed by atoms with Gasteiger partial charge in [-0.15, -0.1) is 12.4 Å². The van der Waals surface area contributed by atoms with Crippen molar-refractivity contribution in [3.8, 4) is 22.8 Å². The first kappa shape index (κ1) is 21.5. The highest BCUT2D eigenvalue weighted by Gasteiger charge is 2.41. The molecule has 1 aliphatic heterocycles. The quantitative estimate of drug-likeness (QED) is 0.488. The van der Waals surface area contributed by atoms with Crippen LogP contribution in [0.3, 0.4) is 0 Å². The van der Waals surface area contributed by atoms with E-state index >= 15 is 0 Å². The standard InChI is InChI=1S/C21H20ClNO5.ClH/c1-21(6-7-23-10-17(21)27)19-15(26)8-13(24)18-14(25)9-16(28-20(18)19)11-4-2-3-5-12(11)22;/h2-5,8-9,17,23-24,26-27H,6-7,10H2,1H3;1H/t17-,21+;/m0./s1. The Bertz CT molecular complexity index is 1130. The Morgan fingerprint density at radius 1 is 1.21 bits per heavy atom. The van der Waals surface area contributed by atoms with Crippen molar-refractivity contribution < 1.29 is 19.7 Å². The van der Waals surface area contributed by atoms with E-state index in [-0.39, 0.29) is 40.6 Å². The zero-order chi connectivity index (χ0) is 20.1. The number of hydrogen-bond acceptors (Lipinski definition) is 6. The van der Waals surface area contributed by atoms with Gasteiger partial charge in [-0.3, -0.25) is 4.79 Å². The maximum absolute atomic E-state index is 12.8. The fourth-order valence-corrected chi connectivity index (χ4v) is 4.15. The molecule has 4 rings (SSSR count). The molecule has 0 aliphatic carbocycles. The first-order valence-electron chi connectivity index (χ1n) is 9.00. The number of benzene rings is 2. The van der Waals surface area contributed by atoms with Crippen molar-refractivity contribution in [2.75, 3.05) is 13.1 Å². The Balaban J connectivity index is 0.00000240. The van der Waals surface area contributed by atoms with Crippen molar-refractivity contribution in [2.24, 2.45) is 0 Å². The van der Waals surface area contributed by atoms with Crippen LogP contribution in [0.25, 0.3) is 22.3 Å². The van der Waals surface area contributed by atoms with Crippen LogP contribution in [0.5, 0.6) is 11.5 Å². The number of hydrogen-bond donors (Lipinski definition) is 4. The monoisotopic (exact) mass is 437 g/mol. The minimum atomic E-state index is -0.865. The second-order valence-electron chi connectivity index (χ2n) is 7.34. The normalized spacial score (nSPS) is 21.7. The van der Waals surface area contributed by atoms with Crippen LogP contribution in [-0.4, -0.2) is 34.5 Å². The summed E-state index contributed by atoms with van der Waals surface area (Å²) in [5.74, 6) is -0.378. The average Bonchev–Trinajstić information content (AvgIpc) is 2.64. The van der Waals surface area contributed by atoms with E-state index in [4.69, 9.17) is 16.0 Å². The molecule has 1 fully saturated rings. The summed E-state index contributed by atoms with van der Waals surface area (Å²) in [7, 11) is 0. The van der Waals surface area contributed by atoms with Gasteiger partial charge in [-0.05, 0) is 25.1 Å². The lowest BCUT2D eigenvalue weighted by atomic mass is 9.72. The lowest BCUT2D eigenvalue weighted by Gasteiger charge is -2.39. The summed E-state index contributed by atoms with van der Waals surface area (Å²) in [6.45, 7) is 2.78. The molecule has 0 unspecified atom stereocenters. The second kappa shape index (κ2) is 7.88. The van der Waals surface area contributed by atoms with Crippen molar-refractivity contribution in [2.45, 2.75) is 24.9 Å². The van der Waals surface area contributed by atoms with Crippen LogP contribution in [0.2, 0.25) is 5.02 Å². The maximum Gasteiger partial charge on any atom is 0.197 e. The minimum Gasteiger partial charge on any atom is -0.507 e. The van der Waals surface area contributed by atoms with Gasteiger partial charge in [0.15, 0.2) is 5.43 Å². The van der Waals surface area contributed by atoms with Gasteiger partial charge in [0.05, 0.1) is 11.1 Å². The van der Waals surface area contributed by atoms with Gasteiger partial charge in [0.2, 0.25) is 0 Å². The first-order chi connectivity index (χ1) is 13.3. The molecule has 3 aromatic rings. The van der Waals surface area contributed by atoms with Gasteiger partial charge >= 0.3 is 0 Å². The molecule has 0 saturated carbocycles. The number of phenols is 2. The Morgan fingerprint density at radius 3 is 2.62 bits per heavy atom. The van der Waals surface area contributed by atoms with E-state index in [2.05, 4.69) is 5.32 Å². The molecule has 2 heterocycles. The number of aromatic hydroxyl groups is 2. The molecule has 154 valence electrons. The topological polar surface area (TPSA) is 103 Å². The van der Waals surface area contributed by atoms with Gasteiger partial charge in [-0.1, -0.05) is 30.7 Å². The predicted molar refractivity (Wildman–Crippen MR) is 114 cm³/mol. The number of β-amino-alcohol motifs (C(OH)–C–C–N with tert-alkyl or cyclic N) is 1. The molecule has 2 atom stereocenters. The molecule has 4 N–H and O–H groups in total.